The number of hydrogen-bond donors (Lipinski definition) is 2. The van der Waals surface area contributed by atoms with Gasteiger partial charge < -0.3 is 10.2 Å². The third-order valence-corrected chi connectivity index (χ3v) is 6.43. The summed E-state index contributed by atoms with van der Waals surface area (Å²) in [5.74, 6) is 0.398. The number of nitro groups is 1. The molecule has 0 spiro atoms. The van der Waals surface area contributed by atoms with Crippen LogP contribution in [0, 0.1) is 10.1 Å². The van der Waals surface area contributed by atoms with E-state index < -0.39 is 4.92 Å². The van der Waals surface area contributed by atoms with Crippen LogP contribution in [0.1, 0.15) is 61.1 Å². The number of pyridine rings is 1. The van der Waals surface area contributed by atoms with Crippen molar-refractivity contribution >= 4 is 30.3 Å². The molecule has 33 heavy (non-hydrogen) atoms. The zero-order valence-corrected chi connectivity index (χ0v) is 18.3. The smallest absolute Gasteiger partial charge is 0.327 e. The van der Waals surface area contributed by atoms with Crippen LogP contribution in [0.3, 0.4) is 0 Å². The van der Waals surface area contributed by atoms with Crippen LogP contribution < -0.4 is 11.0 Å². The molecule has 0 radical (unpaired) electrons. The summed E-state index contributed by atoms with van der Waals surface area (Å²) in [7, 11) is 0. The summed E-state index contributed by atoms with van der Waals surface area (Å²) in [5.41, 5.74) is 1.84. The number of carbonyl (C=O) groups is 1. The van der Waals surface area contributed by atoms with Gasteiger partial charge in [-0.3, -0.25) is 24.6 Å². The molecule has 2 aromatic heterocycles. The van der Waals surface area contributed by atoms with Gasteiger partial charge >= 0.3 is 11.7 Å². The van der Waals surface area contributed by atoms with Crippen LogP contribution in [-0.2, 0) is 6.42 Å². The number of likely N-dealkylation sites (tertiary alicyclic amines) is 1. The standard InChI is InChI=1S/C22H27N7O4/c1-3-18-20(23-2)26-22(31)28(18)15-8-10-27(11-9-15)21(30)25-17-7-5-4-6-14-12-16(29(32)33)13-24-19(14)17/h3,12-13,15,17H,1-2,4-11H2,(H,25,30)(H,26,31). The van der Waals surface area contributed by atoms with Crippen molar-refractivity contribution in [1.29, 1.82) is 0 Å². The molecule has 1 aliphatic carbocycles. The molecule has 2 N–H and O–H groups in total. The molecule has 1 unspecified atom stereocenters. The van der Waals surface area contributed by atoms with Gasteiger partial charge in [-0.15, -0.1) is 0 Å². The molecular formula is C22H27N7O4. The number of piperidine rings is 1. The molecule has 3 heterocycles. The zero-order valence-electron chi connectivity index (χ0n) is 18.3. The molecule has 1 atom stereocenters. The Hall–Kier alpha value is -3.76. The van der Waals surface area contributed by atoms with Crippen LogP contribution in [-0.4, -0.2) is 50.2 Å². The number of imidazole rings is 1. The molecular weight excluding hydrogens is 426 g/mol. The number of amides is 2. The molecule has 0 bridgehead atoms. The molecule has 11 nitrogen and oxygen atoms in total. The van der Waals surface area contributed by atoms with Crippen molar-refractivity contribution in [3.8, 4) is 0 Å². The molecule has 174 valence electrons. The van der Waals surface area contributed by atoms with Crippen molar-refractivity contribution in [1.82, 2.24) is 24.8 Å². The lowest BCUT2D eigenvalue weighted by Crippen LogP contribution is -2.46. The van der Waals surface area contributed by atoms with E-state index >= 15 is 0 Å². The highest BCUT2D eigenvalue weighted by molar-refractivity contribution is 5.75. The normalized spacial score (nSPS) is 18.8. The fourth-order valence-corrected chi connectivity index (χ4v) is 4.76. The maximum Gasteiger partial charge on any atom is 0.327 e. The van der Waals surface area contributed by atoms with Crippen LogP contribution in [0.2, 0.25) is 0 Å². The maximum atomic E-state index is 13.0. The van der Waals surface area contributed by atoms with Crippen molar-refractivity contribution < 1.29 is 9.72 Å². The van der Waals surface area contributed by atoms with E-state index in [0.717, 1.165) is 24.8 Å². The minimum Gasteiger partial charge on any atom is -0.330 e. The number of aromatic amines is 1. The highest BCUT2D eigenvalue weighted by atomic mass is 16.6. The fourth-order valence-electron chi connectivity index (χ4n) is 4.76. The van der Waals surface area contributed by atoms with E-state index in [1.165, 1.54) is 6.20 Å². The van der Waals surface area contributed by atoms with E-state index in [0.29, 0.717) is 49.6 Å². The van der Waals surface area contributed by atoms with E-state index in [4.69, 9.17) is 0 Å². The van der Waals surface area contributed by atoms with Crippen molar-refractivity contribution in [3.63, 3.8) is 0 Å². The predicted octanol–water partition coefficient (Wildman–Crippen LogP) is 3.27. The van der Waals surface area contributed by atoms with Gasteiger partial charge in [0, 0.05) is 25.2 Å². The first-order chi connectivity index (χ1) is 15.9. The van der Waals surface area contributed by atoms with Crippen molar-refractivity contribution in [2.75, 3.05) is 13.1 Å². The first kappa shape index (κ1) is 22.4. The number of nitrogens with zero attached hydrogens (tertiary/aromatic N) is 5. The quantitative estimate of drug-likeness (QED) is 0.310. The lowest BCUT2D eigenvalue weighted by molar-refractivity contribution is -0.385. The molecule has 2 amide bonds. The molecule has 1 fully saturated rings. The maximum absolute atomic E-state index is 13.0. The second-order valence-corrected chi connectivity index (χ2v) is 8.36. The molecule has 2 aromatic rings. The number of urea groups is 1. The Kier molecular flexibility index (Phi) is 6.38. The van der Waals surface area contributed by atoms with Crippen LogP contribution in [0.25, 0.3) is 6.08 Å². The average molecular weight is 454 g/mol. The molecule has 1 saturated heterocycles. The first-order valence-corrected chi connectivity index (χ1v) is 11.0. The van der Waals surface area contributed by atoms with Crippen LogP contribution in [0.15, 0.2) is 28.6 Å². The number of fused-ring (bicyclic) bond motifs is 1. The average Bonchev–Trinajstić information content (AvgIpc) is 3.02. The van der Waals surface area contributed by atoms with Gasteiger partial charge in [0.25, 0.3) is 5.69 Å². The van der Waals surface area contributed by atoms with Gasteiger partial charge in [0.1, 0.15) is 6.20 Å². The number of aromatic nitrogens is 3. The minimum atomic E-state index is -0.447. The third kappa shape index (κ3) is 4.43. The largest absolute Gasteiger partial charge is 0.330 e. The van der Waals surface area contributed by atoms with Gasteiger partial charge in [-0.05, 0) is 50.5 Å². The summed E-state index contributed by atoms with van der Waals surface area (Å²) >= 11 is 0. The van der Waals surface area contributed by atoms with E-state index in [1.807, 2.05) is 0 Å². The number of aryl methyl sites for hydroxylation is 1. The second-order valence-electron chi connectivity index (χ2n) is 8.36. The van der Waals surface area contributed by atoms with Gasteiger partial charge in [-0.2, -0.15) is 0 Å². The number of carbonyl (C=O) groups excluding carboxylic acids is 1. The Morgan fingerprint density at radius 1 is 1.33 bits per heavy atom. The SMILES string of the molecule is C=Cc1c(N=C)[nH]c(=O)n1C1CCN(C(=O)NC2CCCCc3cc([N+](=O)[O-])cnc32)CC1. The van der Waals surface area contributed by atoms with Crippen molar-refractivity contribution in [3.05, 3.63) is 56.4 Å². The number of H-pyrrole nitrogens is 1. The van der Waals surface area contributed by atoms with Gasteiger partial charge in [0.15, 0.2) is 5.82 Å². The van der Waals surface area contributed by atoms with Crippen LogP contribution >= 0.6 is 0 Å². The van der Waals surface area contributed by atoms with Gasteiger partial charge in [0.05, 0.1) is 22.4 Å². The highest BCUT2D eigenvalue weighted by Gasteiger charge is 2.30. The Morgan fingerprint density at radius 3 is 2.76 bits per heavy atom. The zero-order chi connectivity index (χ0) is 23.5. The van der Waals surface area contributed by atoms with Gasteiger partial charge in [-0.1, -0.05) is 13.0 Å². The summed E-state index contributed by atoms with van der Waals surface area (Å²) in [6, 6.07) is 1.03. The molecule has 1 aliphatic heterocycles. The summed E-state index contributed by atoms with van der Waals surface area (Å²) < 4.78 is 1.64. The summed E-state index contributed by atoms with van der Waals surface area (Å²) in [4.78, 5) is 48.7. The van der Waals surface area contributed by atoms with Crippen LogP contribution in [0.4, 0.5) is 16.3 Å². The number of rotatable bonds is 5. The summed E-state index contributed by atoms with van der Waals surface area (Å²) in [6.45, 7) is 8.25. The van der Waals surface area contributed by atoms with Crippen molar-refractivity contribution in [2.24, 2.45) is 4.99 Å². The lowest BCUT2D eigenvalue weighted by atomic mass is 10.0. The molecule has 2 aliphatic rings. The van der Waals surface area contributed by atoms with Gasteiger partial charge in [0.2, 0.25) is 0 Å². The third-order valence-electron chi connectivity index (χ3n) is 6.43. The Bertz CT molecular complexity index is 1140. The fraction of sp³-hybridized carbons (Fsp3) is 0.455. The first-order valence-electron chi connectivity index (χ1n) is 11.0. The Labute approximate surface area is 190 Å². The Morgan fingerprint density at radius 2 is 2.09 bits per heavy atom. The topological polar surface area (TPSA) is 139 Å². The molecule has 4 rings (SSSR count). The molecule has 0 saturated carbocycles. The molecule has 11 heteroatoms. The van der Waals surface area contributed by atoms with E-state index in [-0.39, 0.29) is 29.5 Å². The summed E-state index contributed by atoms with van der Waals surface area (Å²) in [6.07, 6.45) is 7.32. The number of nitrogens with one attached hydrogen (secondary N) is 2. The highest BCUT2D eigenvalue weighted by Crippen LogP contribution is 2.30. The summed E-state index contributed by atoms with van der Waals surface area (Å²) in [5, 5.41) is 14.2. The van der Waals surface area contributed by atoms with Crippen LogP contribution in [0.5, 0.6) is 0 Å². The second kappa shape index (κ2) is 9.39. The number of aliphatic imine (C=N–C) groups is 1. The van der Waals surface area contributed by atoms with Crippen molar-refractivity contribution in [2.45, 2.75) is 50.6 Å². The Balaban J connectivity index is 1.44. The minimum absolute atomic E-state index is 0.0310. The van der Waals surface area contributed by atoms with Gasteiger partial charge in [-0.25, -0.2) is 14.6 Å². The van der Waals surface area contributed by atoms with E-state index in [9.17, 15) is 19.7 Å². The monoisotopic (exact) mass is 453 g/mol. The molecule has 0 aromatic carbocycles. The lowest BCUT2D eigenvalue weighted by Gasteiger charge is -2.33. The van der Waals surface area contributed by atoms with E-state index in [2.05, 4.69) is 33.6 Å². The number of hydrogen-bond acceptors (Lipinski definition) is 6. The predicted molar refractivity (Wildman–Crippen MR) is 124 cm³/mol. The van der Waals surface area contributed by atoms with E-state index in [1.54, 1.807) is 21.6 Å².